The third-order valence-electron chi connectivity index (χ3n) is 3.19. The number of hydrogen-bond acceptors (Lipinski definition) is 0. The molecular formula is C18H19I2PS. The molecule has 0 saturated heterocycles. The molecule has 22 heavy (non-hydrogen) atoms. The molecule has 0 aliphatic carbocycles. The molecule has 0 amide bonds. The predicted molar refractivity (Wildman–Crippen MR) is 98.1 cm³/mol. The molecule has 3 aromatic rings. The molecule has 0 aliphatic rings. The van der Waals surface area contributed by atoms with E-state index in [4.69, 9.17) is 0 Å². The molecule has 0 radical (unpaired) electrons. The zero-order chi connectivity index (χ0) is 12.9. The van der Waals surface area contributed by atoms with Crippen molar-refractivity contribution in [3.8, 4) is 0 Å². The standard InChI is InChI=1S/C18H15P.2HI.H2S/c1-4-10-16(11-5-1)19(17-12-6-2-7-13-17)18-14-8-3-9-15-18;;;/h1-15H;2*1H;1H2. The third kappa shape index (κ3) is 5.52. The Morgan fingerprint density at radius 3 is 0.864 bits per heavy atom. The molecule has 0 fully saturated rings. The van der Waals surface area contributed by atoms with Gasteiger partial charge in [-0.3, -0.25) is 0 Å². The van der Waals surface area contributed by atoms with Crippen molar-refractivity contribution >= 4 is 37.3 Å². The monoisotopic (exact) mass is 552 g/mol. The van der Waals surface area contributed by atoms with E-state index in [-0.39, 0.29) is 61.4 Å². The van der Waals surface area contributed by atoms with E-state index in [2.05, 4.69) is 91.0 Å². The first-order valence-electron chi connectivity index (χ1n) is 6.48. The second-order valence-electron chi connectivity index (χ2n) is 4.47. The van der Waals surface area contributed by atoms with E-state index in [1.54, 1.807) is 0 Å². The van der Waals surface area contributed by atoms with Crippen LogP contribution in [0.15, 0.2) is 91.0 Å². The molecular weight excluding hydrogens is 533 g/mol. The van der Waals surface area contributed by atoms with Gasteiger partial charge in [-0.2, -0.15) is 0 Å². The first-order chi connectivity index (χ1) is 9.45. The van der Waals surface area contributed by atoms with E-state index in [9.17, 15) is 0 Å². The van der Waals surface area contributed by atoms with Crippen molar-refractivity contribution in [2.24, 2.45) is 0 Å². The molecule has 0 unspecified atom stereocenters. The maximum Gasteiger partial charge on any atom is 0.102 e. The van der Waals surface area contributed by atoms with Crippen LogP contribution in [0.5, 0.6) is 0 Å². The lowest BCUT2D eigenvalue weighted by Gasteiger charge is -2.10. The Labute approximate surface area is 175 Å². The van der Waals surface area contributed by atoms with Gasteiger partial charge in [-0.15, -0.1) is 0 Å². The molecule has 0 N–H and O–H groups in total. The van der Waals surface area contributed by atoms with E-state index < -0.39 is 7.92 Å². The SMILES string of the molecule is [I-].[I-].[SH3+].c1ccc([PH+](c2ccccc2)c2ccccc2)cc1. The highest BCUT2D eigenvalue weighted by atomic mass is 127. The Morgan fingerprint density at radius 2 is 0.636 bits per heavy atom. The largest absolute Gasteiger partial charge is 1.00 e. The lowest BCUT2D eigenvalue weighted by atomic mass is 10.4. The number of benzene rings is 3. The van der Waals surface area contributed by atoms with Crippen molar-refractivity contribution < 1.29 is 48.0 Å². The summed E-state index contributed by atoms with van der Waals surface area (Å²) in [5.74, 6) is 0. The van der Waals surface area contributed by atoms with E-state index in [0.29, 0.717) is 0 Å². The van der Waals surface area contributed by atoms with Gasteiger partial charge < -0.3 is 48.0 Å². The summed E-state index contributed by atoms with van der Waals surface area (Å²) in [6.07, 6.45) is 0. The second kappa shape index (κ2) is 11.4. The summed E-state index contributed by atoms with van der Waals surface area (Å²) in [6, 6.07) is 32.5. The van der Waals surface area contributed by atoms with Crippen molar-refractivity contribution in [1.82, 2.24) is 0 Å². The summed E-state index contributed by atoms with van der Waals surface area (Å²) in [7, 11) is -0.877. The first-order valence-corrected chi connectivity index (χ1v) is 7.98. The van der Waals surface area contributed by atoms with Crippen LogP contribution in [0.3, 0.4) is 0 Å². The zero-order valence-corrected chi connectivity index (χ0v) is 18.5. The van der Waals surface area contributed by atoms with Gasteiger partial charge in [0.15, 0.2) is 0 Å². The number of hydrogen-bond donors (Lipinski definition) is 0. The van der Waals surface area contributed by atoms with E-state index in [1.165, 1.54) is 15.9 Å². The molecule has 0 saturated carbocycles. The Kier molecular flexibility index (Phi) is 11.4. The highest BCUT2D eigenvalue weighted by Gasteiger charge is 2.24. The highest BCUT2D eigenvalue weighted by Crippen LogP contribution is 2.32. The van der Waals surface area contributed by atoms with Gasteiger partial charge in [0, 0.05) is 0 Å². The Morgan fingerprint density at radius 1 is 0.409 bits per heavy atom. The average molecular weight is 552 g/mol. The van der Waals surface area contributed by atoms with Crippen LogP contribution in [-0.4, -0.2) is 0 Å². The smallest absolute Gasteiger partial charge is 0.102 e. The molecule has 0 atom stereocenters. The van der Waals surface area contributed by atoms with Crippen LogP contribution in [-0.2, 0) is 13.5 Å². The molecule has 0 heterocycles. The Balaban J connectivity index is 0.00000147. The molecule has 0 aliphatic heterocycles. The Bertz CT molecular complexity index is 539. The second-order valence-corrected chi connectivity index (χ2v) is 6.96. The van der Waals surface area contributed by atoms with Gasteiger partial charge in [0.05, 0.1) is 7.92 Å². The summed E-state index contributed by atoms with van der Waals surface area (Å²) in [6.45, 7) is 0. The minimum absolute atomic E-state index is 0. The lowest BCUT2D eigenvalue weighted by Crippen LogP contribution is -3.00. The molecule has 3 rings (SSSR count). The molecule has 116 valence electrons. The number of rotatable bonds is 3. The van der Waals surface area contributed by atoms with Gasteiger partial charge in [0.25, 0.3) is 0 Å². The quantitative estimate of drug-likeness (QED) is 0.179. The van der Waals surface area contributed by atoms with Crippen LogP contribution in [0.25, 0.3) is 0 Å². The molecule has 0 spiro atoms. The van der Waals surface area contributed by atoms with Crippen LogP contribution >= 0.6 is 7.92 Å². The van der Waals surface area contributed by atoms with Gasteiger partial charge in [0.2, 0.25) is 0 Å². The lowest BCUT2D eigenvalue weighted by molar-refractivity contribution is -0.001000. The third-order valence-corrected chi connectivity index (χ3v) is 5.92. The molecule has 0 nitrogen and oxygen atoms in total. The predicted octanol–water partition coefficient (Wildman–Crippen LogP) is -3.62. The first kappa shape index (κ1) is 21.9. The summed E-state index contributed by atoms with van der Waals surface area (Å²) in [4.78, 5) is 0. The summed E-state index contributed by atoms with van der Waals surface area (Å²) in [5.41, 5.74) is 0. The van der Waals surface area contributed by atoms with Crippen molar-refractivity contribution in [2.75, 3.05) is 0 Å². The Hall–Kier alpha value is -0.1000. The maximum atomic E-state index is 2.24. The summed E-state index contributed by atoms with van der Waals surface area (Å²) in [5, 5.41) is 4.31. The van der Waals surface area contributed by atoms with Crippen molar-refractivity contribution in [3.05, 3.63) is 91.0 Å². The van der Waals surface area contributed by atoms with E-state index in [0.717, 1.165) is 0 Å². The van der Waals surface area contributed by atoms with Crippen LogP contribution in [0.2, 0.25) is 0 Å². The summed E-state index contributed by atoms with van der Waals surface area (Å²) < 4.78 is 0. The summed E-state index contributed by atoms with van der Waals surface area (Å²) >= 11 is 0. The van der Waals surface area contributed by atoms with Crippen molar-refractivity contribution in [3.63, 3.8) is 0 Å². The maximum absolute atomic E-state index is 2.24. The van der Waals surface area contributed by atoms with Crippen LogP contribution < -0.4 is 63.9 Å². The van der Waals surface area contributed by atoms with Gasteiger partial charge in [-0.25, -0.2) is 0 Å². The molecule has 3 aromatic carbocycles. The number of halogens is 2. The highest BCUT2D eigenvalue weighted by molar-refractivity contribution is 7.79. The van der Waals surface area contributed by atoms with Gasteiger partial charge in [0.1, 0.15) is 15.9 Å². The van der Waals surface area contributed by atoms with Crippen LogP contribution in [0.4, 0.5) is 0 Å². The van der Waals surface area contributed by atoms with Gasteiger partial charge >= 0.3 is 0 Å². The zero-order valence-electron chi connectivity index (χ0n) is 12.0. The molecule has 0 bridgehead atoms. The van der Waals surface area contributed by atoms with Crippen molar-refractivity contribution in [2.45, 2.75) is 0 Å². The van der Waals surface area contributed by atoms with Gasteiger partial charge in [-0.1, -0.05) is 68.1 Å². The van der Waals surface area contributed by atoms with Crippen LogP contribution in [0.1, 0.15) is 0 Å². The average Bonchev–Trinajstić information content (AvgIpc) is 2.51. The molecule has 0 aromatic heterocycles. The minimum Gasteiger partial charge on any atom is -1.00 e. The fourth-order valence-corrected chi connectivity index (χ4v) is 4.89. The van der Waals surface area contributed by atoms with E-state index >= 15 is 0 Å². The van der Waals surface area contributed by atoms with Gasteiger partial charge in [-0.05, 0) is 36.4 Å². The molecule has 4 heteroatoms. The topological polar surface area (TPSA) is 0 Å². The normalized spacial score (nSPS) is 9.14. The fraction of sp³-hybridized carbons (Fsp3) is 0. The minimum atomic E-state index is -0.877. The van der Waals surface area contributed by atoms with Crippen LogP contribution in [0, 0.1) is 0 Å². The fourth-order valence-electron chi connectivity index (χ4n) is 2.31. The van der Waals surface area contributed by atoms with Crippen molar-refractivity contribution in [1.29, 1.82) is 0 Å². The van der Waals surface area contributed by atoms with E-state index in [1.807, 2.05) is 0 Å².